The minimum atomic E-state index is -0.463. The Morgan fingerprint density at radius 2 is 1.26 bits per heavy atom. The average molecular weight is 386 g/mol. The molecule has 7 nitrogen and oxygen atoms in total. The highest BCUT2D eigenvalue weighted by molar-refractivity contribution is 5.87. The summed E-state index contributed by atoms with van der Waals surface area (Å²) in [6.45, 7) is 15.3. The Morgan fingerprint density at radius 3 is 1.85 bits per heavy atom. The molecule has 0 saturated heterocycles. The van der Waals surface area contributed by atoms with Crippen molar-refractivity contribution in [3.8, 4) is 0 Å². The second-order valence-electron chi connectivity index (χ2n) is 7.98. The number of carbonyl (C=O) groups is 2. The third kappa shape index (κ3) is 16.7. The van der Waals surface area contributed by atoms with Crippen LogP contribution in [0.3, 0.4) is 0 Å². The van der Waals surface area contributed by atoms with E-state index in [9.17, 15) is 9.59 Å². The van der Waals surface area contributed by atoms with Crippen LogP contribution >= 0.6 is 0 Å². The predicted molar refractivity (Wildman–Crippen MR) is 113 cm³/mol. The predicted octanol–water partition coefficient (Wildman–Crippen LogP) is 1.14. The van der Waals surface area contributed by atoms with E-state index in [-0.39, 0.29) is 11.8 Å². The van der Waals surface area contributed by atoms with Gasteiger partial charge in [-0.15, -0.1) is 0 Å². The fourth-order valence-electron chi connectivity index (χ4n) is 2.54. The number of hydrogen-bond acceptors (Lipinski definition) is 5. The van der Waals surface area contributed by atoms with E-state index in [1.54, 1.807) is 0 Å². The van der Waals surface area contributed by atoms with Gasteiger partial charge in [-0.1, -0.05) is 41.5 Å². The molecule has 0 aliphatic heterocycles. The van der Waals surface area contributed by atoms with Gasteiger partial charge >= 0.3 is 0 Å². The number of unbranched alkanes of at least 4 members (excludes halogenated alkanes) is 1. The fourth-order valence-corrected chi connectivity index (χ4v) is 2.54. The number of hydrogen-bond donors (Lipinski definition) is 5. The van der Waals surface area contributed by atoms with E-state index < -0.39 is 6.04 Å². The second kappa shape index (κ2) is 15.8. The topological polar surface area (TPSA) is 94.3 Å². The molecule has 0 fully saturated rings. The van der Waals surface area contributed by atoms with Crippen LogP contribution in [-0.4, -0.2) is 62.2 Å². The molecule has 7 heteroatoms. The molecule has 0 aliphatic carbocycles. The lowest BCUT2D eigenvalue weighted by Gasteiger charge is -2.19. The lowest BCUT2D eigenvalue weighted by Crippen LogP contribution is -2.48. The normalized spacial score (nSPS) is 12.6. The quantitative estimate of drug-likeness (QED) is 0.257. The summed E-state index contributed by atoms with van der Waals surface area (Å²) in [5, 5.41) is 15.7. The zero-order chi connectivity index (χ0) is 20.7. The largest absolute Gasteiger partial charge is 0.353 e. The molecule has 0 spiro atoms. The van der Waals surface area contributed by atoms with Crippen LogP contribution in [0, 0.1) is 0 Å². The number of nitrogens with one attached hydrogen (secondary N) is 5. The van der Waals surface area contributed by atoms with Gasteiger partial charge in [0.2, 0.25) is 11.8 Å². The molecule has 5 N–H and O–H groups in total. The van der Waals surface area contributed by atoms with Crippen LogP contribution in [0.25, 0.3) is 0 Å². The summed E-state index contributed by atoms with van der Waals surface area (Å²) in [6, 6.07) is 0.735. The van der Waals surface area contributed by atoms with Gasteiger partial charge in [-0.2, -0.15) is 0 Å². The molecule has 0 aromatic heterocycles. The second-order valence-corrected chi connectivity index (χ2v) is 7.98. The maximum absolute atomic E-state index is 12.5. The van der Waals surface area contributed by atoms with E-state index in [0.717, 1.165) is 25.9 Å². The smallest absolute Gasteiger partial charge is 0.242 e. The van der Waals surface area contributed by atoms with Crippen LogP contribution in [0.5, 0.6) is 0 Å². The summed E-state index contributed by atoms with van der Waals surface area (Å²) in [4.78, 5) is 24.7. The number of carbonyl (C=O) groups excluding carboxylic acids is 2. The highest BCUT2D eigenvalue weighted by Gasteiger charge is 2.20. The van der Waals surface area contributed by atoms with Gasteiger partial charge in [0.15, 0.2) is 0 Å². The molecule has 0 rings (SSSR count). The van der Waals surface area contributed by atoms with Crippen molar-refractivity contribution in [2.45, 2.75) is 91.4 Å². The van der Waals surface area contributed by atoms with E-state index in [2.05, 4.69) is 54.3 Å². The van der Waals surface area contributed by atoms with Gasteiger partial charge in [0, 0.05) is 44.2 Å². The molecule has 1 unspecified atom stereocenters. The summed E-state index contributed by atoms with van der Waals surface area (Å²) < 4.78 is 0. The third-order valence-corrected chi connectivity index (χ3v) is 4.01. The van der Waals surface area contributed by atoms with Crippen LogP contribution in [0.15, 0.2) is 0 Å². The molecule has 1 atom stereocenters. The molecule has 2 amide bonds. The molecule has 0 bridgehead atoms. The van der Waals surface area contributed by atoms with Crippen molar-refractivity contribution in [3.05, 3.63) is 0 Å². The first-order valence-electron chi connectivity index (χ1n) is 10.5. The Labute approximate surface area is 166 Å². The van der Waals surface area contributed by atoms with Crippen LogP contribution in [0.4, 0.5) is 0 Å². The molecule has 0 saturated carbocycles. The third-order valence-electron chi connectivity index (χ3n) is 4.01. The van der Waals surface area contributed by atoms with Crippen LogP contribution in [-0.2, 0) is 9.59 Å². The summed E-state index contributed by atoms with van der Waals surface area (Å²) in [5.41, 5.74) is 0. The van der Waals surface area contributed by atoms with Gasteiger partial charge in [-0.3, -0.25) is 9.59 Å². The maximum atomic E-state index is 12.5. The lowest BCUT2D eigenvalue weighted by molar-refractivity contribution is -0.129. The Kier molecular flexibility index (Phi) is 15.1. The Hall–Kier alpha value is -1.18. The van der Waals surface area contributed by atoms with E-state index in [1.165, 1.54) is 0 Å². The minimum absolute atomic E-state index is 0.0797. The fraction of sp³-hybridized carbons (Fsp3) is 0.900. The van der Waals surface area contributed by atoms with Crippen LogP contribution in [0.1, 0.15) is 67.2 Å². The lowest BCUT2D eigenvalue weighted by atomic mass is 10.1. The molecule has 0 aliphatic rings. The summed E-state index contributed by atoms with van der Waals surface area (Å²) in [5.74, 6) is -0.175. The minimum Gasteiger partial charge on any atom is -0.353 e. The van der Waals surface area contributed by atoms with Crippen molar-refractivity contribution >= 4 is 11.8 Å². The summed E-state index contributed by atoms with van der Waals surface area (Å²) in [7, 11) is 0. The van der Waals surface area contributed by atoms with Crippen molar-refractivity contribution in [3.63, 3.8) is 0 Å². The highest BCUT2D eigenvalue weighted by atomic mass is 16.2. The zero-order valence-electron chi connectivity index (χ0n) is 18.3. The molecule has 0 heterocycles. The molecule has 0 radical (unpaired) electrons. The van der Waals surface area contributed by atoms with Crippen LogP contribution < -0.4 is 26.6 Å². The van der Waals surface area contributed by atoms with E-state index >= 15 is 0 Å². The molecule has 0 aromatic carbocycles. The number of amides is 2. The maximum Gasteiger partial charge on any atom is 0.242 e. The van der Waals surface area contributed by atoms with Gasteiger partial charge in [-0.05, 0) is 25.8 Å². The Morgan fingerprint density at radius 1 is 0.704 bits per heavy atom. The van der Waals surface area contributed by atoms with Gasteiger partial charge in [0.05, 0.1) is 0 Å². The van der Waals surface area contributed by atoms with Gasteiger partial charge in [0.1, 0.15) is 6.04 Å². The van der Waals surface area contributed by atoms with E-state index in [4.69, 9.17) is 0 Å². The molecule has 0 aromatic rings. The zero-order valence-corrected chi connectivity index (χ0v) is 18.3. The van der Waals surface area contributed by atoms with Gasteiger partial charge < -0.3 is 26.6 Å². The standard InChI is InChI=1S/C20H43N5O2/c1-15(2)21-11-8-7-9-18(20(27)24-14-13-23-17(5)6)25-19(26)10-12-22-16(3)4/h15-18,21-23H,7-14H2,1-6H3,(H,24,27)(H,25,26). The van der Waals surface area contributed by atoms with Crippen molar-refractivity contribution in [2.75, 3.05) is 26.2 Å². The van der Waals surface area contributed by atoms with E-state index in [1.807, 2.05) is 13.8 Å². The highest BCUT2D eigenvalue weighted by Crippen LogP contribution is 2.02. The molecular formula is C20H43N5O2. The number of rotatable bonds is 16. The SMILES string of the molecule is CC(C)NCCCCC(NC(=O)CCNC(C)C)C(=O)NCCNC(C)C. The average Bonchev–Trinajstić information content (AvgIpc) is 2.56. The first kappa shape index (κ1) is 25.8. The van der Waals surface area contributed by atoms with Crippen molar-refractivity contribution in [1.82, 2.24) is 26.6 Å². The first-order valence-corrected chi connectivity index (χ1v) is 10.5. The summed E-state index contributed by atoms with van der Waals surface area (Å²) in [6.07, 6.45) is 2.92. The first-order chi connectivity index (χ1) is 12.7. The van der Waals surface area contributed by atoms with E-state index in [0.29, 0.717) is 44.1 Å². The van der Waals surface area contributed by atoms with Gasteiger partial charge in [-0.25, -0.2) is 0 Å². The molecule has 160 valence electrons. The van der Waals surface area contributed by atoms with Crippen molar-refractivity contribution in [2.24, 2.45) is 0 Å². The molecule has 27 heavy (non-hydrogen) atoms. The summed E-state index contributed by atoms with van der Waals surface area (Å²) >= 11 is 0. The Bertz CT molecular complexity index is 400. The monoisotopic (exact) mass is 385 g/mol. The van der Waals surface area contributed by atoms with Crippen LogP contribution in [0.2, 0.25) is 0 Å². The Balaban J connectivity index is 4.37. The van der Waals surface area contributed by atoms with Crippen molar-refractivity contribution < 1.29 is 9.59 Å². The van der Waals surface area contributed by atoms with Crippen molar-refractivity contribution in [1.29, 1.82) is 0 Å². The molecular weight excluding hydrogens is 342 g/mol. The van der Waals surface area contributed by atoms with Gasteiger partial charge in [0.25, 0.3) is 0 Å².